The first-order valence-electron chi connectivity index (χ1n) is 8.58. The van der Waals surface area contributed by atoms with E-state index < -0.39 is 10.8 Å². The lowest BCUT2D eigenvalue weighted by atomic mass is 10.1. The van der Waals surface area contributed by atoms with Crippen LogP contribution in [-0.4, -0.2) is 20.8 Å². The van der Waals surface area contributed by atoms with E-state index in [9.17, 15) is 14.9 Å². The highest BCUT2D eigenvalue weighted by Gasteiger charge is 2.18. The topological polar surface area (TPSA) is 110 Å². The Hall–Kier alpha value is -3.81. The zero-order valence-electron chi connectivity index (χ0n) is 15.7. The first-order valence-corrected chi connectivity index (χ1v) is 8.58. The van der Waals surface area contributed by atoms with Gasteiger partial charge in [0, 0.05) is 40.0 Å². The average molecular weight is 377 g/mol. The van der Waals surface area contributed by atoms with E-state index in [1.165, 1.54) is 12.1 Å². The molecule has 0 spiro atoms. The molecule has 0 fully saturated rings. The molecule has 0 unspecified atom stereocenters. The average Bonchev–Trinajstić information content (AvgIpc) is 2.62. The van der Waals surface area contributed by atoms with E-state index in [1.807, 2.05) is 19.9 Å². The first-order chi connectivity index (χ1) is 13.3. The molecule has 8 nitrogen and oxygen atoms in total. The zero-order valence-corrected chi connectivity index (χ0v) is 15.7. The number of amides is 1. The highest BCUT2D eigenvalue weighted by molar-refractivity contribution is 6.05. The van der Waals surface area contributed by atoms with Gasteiger partial charge in [-0.3, -0.25) is 14.9 Å². The zero-order chi connectivity index (χ0) is 20.3. The molecule has 0 aliphatic carbocycles. The summed E-state index contributed by atoms with van der Waals surface area (Å²) in [6.07, 6.45) is 0. The molecular formula is C20H19N5O3. The van der Waals surface area contributed by atoms with Crippen molar-refractivity contribution >= 4 is 28.9 Å². The monoisotopic (exact) mass is 377 g/mol. The normalized spacial score (nSPS) is 10.4. The first kappa shape index (κ1) is 19.0. The van der Waals surface area contributed by atoms with E-state index in [0.717, 1.165) is 17.1 Å². The number of carbonyl (C=O) groups excluding carboxylic acids is 1. The minimum absolute atomic E-state index is 0.0827. The van der Waals surface area contributed by atoms with Crippen molar-refractivity contribution < 1.29 is 9.72 Å². The summed E-state index contributed by atoms with van der Waals surface area (Å²) in [4.78, 5) is 31.7. The van der Waals surface area contributed by atoms with Crippen LogP contribution in [-0.2, 0) is 0 Å². The molecule has 0 saturated heterocycles. The molecule has 28 heavy (non-hydrogen) atoms. The van der Waals surface area contributed by atoms with Crippen molar-refractivity contribution in [1.29, 1.82) is 0 Å². The van der Waals surface area contributed by atoms with E-state index in [1.54, 1.807) is 37.3 Å². The van der Waals surface area contributed by atoms with Crippen molar-refractivity contribution in [3.05, 3.63) is 81.2 Å². The molecule has 2 N–H and O–H groups in total. The molecule has 0 saturated carbocycles. The van der Waals surface area contributed by atoms with Crippen LogP contribution in [0.1, 0.15) is 27.3 Å². The summed E-state index contributed by atoms with van der Waals surface area (Å²) in [6.45, 7) is 5.35. The van der Waals surface area contributed by atoms with Gasteiger partial charge in [0.2, 0.25) is 5.95 Å². The standard InChI is InChI=1S/C20H19N5O3/c1-12-11-13(2)22-20(21-12)24-16-9-7-15(8-10-16)23-19(26)17-5-4-6-18(14(17)3)25(27)28/h4-11H,1-3H3,(H,23,26)(H,21,22,24). The lowest BCUT2D eigenvalue weighted by molar-refractivity contribution is -0.385. The quantitative estimate of drug-likeness (QED) is 0.506. The smallest absolute Gasteiger partial charge is 0.273 e. The summed E-state index contributed by atoms with van der Waals surface area (Å²) < 4.78 is 0. The Labute approximate surface area is 161 Å². The Morgan fingerprint density at radius 2 is 1.57 bits per heavy atom. The predicted octanol–water partition coefficient (Wildman–Crippen LogP) is 4.31. The van der Waals surface area contributed by atoms with Crippen molar-refractivity contribution in [2.75, 3.05) is 10.6 Å². The minimum atomic E-state index is -0.498. The van der Waals surface area contributed by atoms with Gasteiger partial charge < -0.3 is 10.6 Å². The van der Waals surface area contributed by atoms with Gasteiger partial charge in [0.15, 0.2) is 0 Å². The highest BCUT2D eigenvalue weighted by Crippen LogP contribution is 2.23. The minimum Gasteiger partial charge on any atom is -0.324 e. The van der Waals surface area contributed by atoms with Gasteiger partial charge in [-0.05, 0) is 57.2 Å². The van der Waals surface area contributed by atoms with E-state index >= 15 is 0 Å². The predicted molar refractivity (Wildman–Crippen MR) is 107 cm³/mol. The molecule has 0 aliphatic heterocycles. The summed E-state index contributed by atoms with van der Waals surface area (Å²) in [6, 6.07) is 13.4. The van der Waals surface area contributed by atoms with E-state index in [0.29, 0.717) is 17.2 Å². The number of nitro benzene ring substituents is 1. The van der Waals surface area contributed by atoms with Gasteiger partial charge in [-0.2, -0.15) is 0 Å². The lowest BCUT2D eigenvalue weighted by Gasteiger charge is -2.10. The van der Waals surface area contributed by atoms with Crippen LogP contribution in [0.4, 0.5) is 23.0 Å². The van der Waals surface area contributed by atoms with Crippen LogP contribution >= 0.6 is 0 Å². The summed E-state index contributed by atoms with van der Waals surface area (Å²) in [7, 11) is 0. The maximum Gasteiger partial charge on any atom is 0.273 e. The van der Waals surface area contributed by atoms with Gasteiger partial charge in [-0.1, -0.05) is 6.07 Å². The number of hydrogen-bond donors (Lipinski definition) is 2. The number of aromatic nitrogens is 2. The Kier molecular flexibility index (Phi) is 5.30. The molecule has 2 aromatic carbocycles. The summed E-state index contributed by atoms with van der Waals surface area (Å²) >= 11 is 0. The number of nitrogens with one attached hydrogen (secondary N) is 2. The number of anilines is 3. The highest BCUT2D eigenvalue weighted by atomic mass is 16.6. The molecule has 3 rings (SSSR count). The number of rotatable bonds is 5. The third-order valence-corrected chi connectivity index (χ3v) is 4.13. The molecule has 1 amide bonds. The maximum atomic E-state index is 12.5. The molecule has 8 heteroatoms. The molecule has 1 heterocycles. The number of aryl methyl sites for hydroxylation is 2. The van der Waals surface area contributed by atoms with Crippen LogP contribution in [0.15, 0.2) is 48.5 Å². The summed E-state index contributed by atoms with van der Waals surface area (Å²) in [5, 5.41) is 16.9. The number of carbonyl (C=O) groups is 1. The van der Waals surface area contributed by atoms with Crippen LogP contribution in [0, 0.1) is 30.9 Å². The second kappa shape index (κ2) is 7.83. The number of hydrogen-bond acceptors (Lipinski definition) is 6. The van der Waals surface area contributed by atoms with Crippen LogP contribution in [0.5, 0.6) is 0 Å². The number of nitro groups is 1. The molecule has 0 radical (unpaired) electrons. The fraction of sp³-hybridized carbons (Fsp3) is 0.150. The Morgan fingerprint density at radius 3 is 2.18 bits per heavy atom. The molecule has 1 aromatic heterocycles. The van der Waals surface area contributed by atoms with E-state index in [-0.39, 0.29) is 11.3 Å². The summed E-state index contributed by atoms with van der Waals surface area (Å²) in [5.74, 6) is 0.0982. The van der Waals surface area contributed by atoms with Crippen LogP contribution in [0.25, 0.3) is 0 Å². The SMILES string of the molecule is Cc1cc(C)nc(Nc2ccc(NC(=O)c3cccc([N+](=O)[O-])c3C)cc2)n1. The van der Waals surface area contributed by atoms with E-state index in [4.69, 9.17) is 0 Å². The fourth-order valence-corrected chi connectivity index (χ4v) is 2.81. The van der Waals surface area contributed by atoms with Gasteiger partial charge in [0.05, 0.1) is 4.92 Å². The third kappa shape index (κ3) is 4.29. The largest absolute Gasteiger partial charge is 0.324 e. The Balaban J connectivity index is 1.73. The molecule has 0 aliphatic rings. The van der Waals surface area contributed by atoms with E-state index in [2.05, 4.69) is 20.6 Å². The Morgan fingerprint density at radius 1 is 0.964 bits per heavy atom. The van der Waals surface area contributed by atoms with Gasteiger partial charge in [-0.15, -0.1) is 0 Å². The Bertz CT molecular complexity index is 1030. The molecule has 0 atom stereocenters. The second-order valence-corrected chi connectivity index (χ2v) is 6.34. The molecule has 0 bridgehead atoms. The van der Waals surface area contributed by atoms with Crippen LogP contribution < -0.4 is 10.6 Å². The van der Waals surface area contributed by atoms with Crippen LogP contribution in [0.3, 0.4) is 0 Å². The summed E-state index contributed by atoms with van der Waals surface area (Å²) in [5.41, 5.74) is 3.59. The molecule has 142 valence electrons. The van der Waals surface area contributed by atoms with Gasteiger partial charge >= 0.3 is 0 Å². The van der Waals surface area contributed by atoms with Gasteiger partial charge in [0.1, 0.15) is 0 Å². The number of nitrogens with zero attached hydrogens (tertiary/aromatic N) is 3. The van der Waals surface area contributed by atoms with Gasteiger partial charge in [-0.25, -0.2) is 9.97 Å². The number of benzene rings is 2. The lowest BCUT2D eigenvalue weighted by Crippen LogP contribution is -2.14. The fourth-order valence-electron chi connectivity index (χ4n) is 2.81. The van der Waals surface area contributed by atoms with Crippen molar-refractivity contribution in [3.8, 4) is 0 Å². The van der Waals surface area contributed by atoms with Crippen molar-refractivity contribution in [3.63, 3.8) is 0 Å². The second-order valence-electron chi connectivity index (χ2n) is 6.34. The van der Waals surface area contributed by atoms with Crippen molar-refractivity contribution in [1.82, 2.24) is 9.97 Å². The van der Waals surface area contributed by atoms with Crippen molar-refractivity contribution in [2.45, 2.75) is 20.8 Å². The maximum absolute atomic E-state index is 12.5. The molecular weight excluding hydrogens is 358 g/mol. The van der Waals surface area contributed by atoms with Gasteiger partial charge in [0.25, 0.3) is 11.6 Å². The van der Waals surface area contributed by atoms with Crippen molar-refractivity contribution in [2.24, 2.45) is 0 Å². The molecule has 3 aromatic rings. The van der Waals surface area contributed by atoms with Crippen LogP contribution in [0.2, 0.25) is 0 Å². The third-order valence-electron chi connectivity index (χ3n) is 4.13.